The van der Waals surface area contributed by atoms with Gasteiger partial charge in [-0.2, -0.15) is 0 Å². The molecule has 7 nitrogen and oxygen atoms in total. The van der Waals surface area contributed by atoms with Crippen LogP contribution in [-0.4, -0.2) is 41.8 Å². The number of carbonyl (C=O) groups is 1. The molecule has 1 atom stereocenters. The van der Waals surface area contributed by atoms with Crippen LogP contribution in [0.15, 0.2) is 22.6 Å². The molecule has 0 bridgehead atoms. The van der Waals surface area contributed by atoms with Gasteiger partial charge in [-0.25, -0.2) is 0 Å². The van der Waals surface area contributed by atoms with Crippen molar-refractivity contribution in [3.05, 3.63) is 35.5 Å². The van der Waals surface area contributed by atoms with Gasteiger partial charge in [-0.15, -0.1) is 10.2 Å². The van der Waals surface area contributed by atoms with Gasteiger partial charge in [0.1, 0.15) is 6.04 Å². The van der Waals surface area contributed by atoms with Crippen molar-refractivity contribution >= 4 is 5.91 Å². The second-order valence-corrected chi connectivity index (χ2v) is 6.09. The number of nitrogens with zero attached hydrogens (tertiary/aromatic N) is 3. The third kappa shape index (κ3) is 3.60. The Bertz CT molecular complexity index is 744. The number of rotatable bonds is 4. The molecule has 3 rings (SSSR count). The third-order valence-electron chi connectivity index (χ3n) is 4.47. The molecule has 1 aliphatic rings. The molecule has 0 saturated carbocycles. The molecule has 0 N–H and O–H groups in total. The lowest BCUT2D eigenvalue weighted by Crippen LogP contribution is -2.35. The predicted octanol–water partition coefficient (Wildman–Crippen LogP) is 3.15. The van der Waals surface area contributed by atoms with E-state index in [0.29, 0.717) is 35.4 Å². The molecular weight excluding hydrogens is 322 g/mol. The summed E-state index contributed by atoms with van der Waals surface area (Å²) in [6.45, 7) is 2.42. The topological polar surface area (TPSA) is 77.7 Å². The first-order valence-corrected chi connectivity index (χ1v) is 8.47. The van der Waals surface area contributed by atoms with Gasteiger partial charge < -0.3 is 18.8 Å². The number of methoxy groups -OCH3 is 2. The Morgan fingerprint density at radius 3 is 2.64 bits per heavy atom. The molecule has 1 fully saturated rings. The first-order chi connectivity index (χ1) is 12.1. The molecule has 134 valence electrons. The quantitative estimate of drug-likeness (QED) is 0.847. The number of amides is 1. The van der Waals surface area contributed by atoms with Crippen LogP contribution in [0.4, 0.5) is 0 Å². The normalized spacial score (nSPS) is 17.9. The number of likely N-dealkylation sites (tertiary alicyclic amines) is 1. The molecule has 1 aliphatic heterocycles. The molecule has 2 aromatic rings. The van der Waals surface area contributed by atoms with Crippen LogP contribution in [0.3, 0.4) is 0 Å². The molecule has 1 amide bonds. The number of hydrogen-bond donors (Lipinski definition) is 0. The van der Waals surface area contributed by atoms with Crippen LogP contribution in [0, 0.1) is 6.92 Å². The summed E-state index contributed by atoms with van der Waals surface area (Å²) in [5, 5.41) is 8.06. The lowest BCUT2D eigenvalue weighted by molar-refractivity contribution is 0.0650. The smallest absolute Gasteiger partial charge is 0.254 e. The molecule has 1 saturated heterocycles. The Morgan fingerprint density at radius 2 is 1.96 bits per heavy atom. The number of aryl methyl sites for hydroxylation is 1. The number of benzene rings is 1. The summed E-state index contributed by atoms with van der Waals surface area (Å²) in [6.07, 6.45) is 3.89. The maximum absolute atomic E-state index is 13.2. The molecule has 7 heteroatoms. The minimum atomic E-state index is -0.190. The van der Waals surface area contributed by atoms with Crippen LogP contribution in [0.5, 0.6) is 11.5 Å². The third-order valence-corrected chi connectivity index (χ3v) is 4.47. The molecule has 2 heterocycles. The van der Waals surface area contributed by atoms with Crippen LogP contribution in [0.25, 0.3) is 0 Å². The van der Waals surface area contributed by atoms with Crippen molar-refractivity contribution in [1.29, 1.82) is 0 Å². The average Bonchev–Trinajstić information content (AvgIpc) is 2.92. The Labute approximate surface area is 146 Å². The maximum Gasteiger partial charge on any atom is 0.254 e. The van der Waals surface area contributed by atoms with Gasteiger partial charge in [0.25, 0.3) is 5.91 Å². The summed E-state index contributed by atoms with van der Waals surface area (Å²) in [4.78, 5) is 15.0. The van der Waals surface area contributed by atoms with E-state index >= 15 is 0 Å². The van der Waals surface area contributed by atoms with Crippen molar-refractivity contribution in [2.24, 2.45) is 0 Å². The van der Waals surface area contributed by atoms with E-state index in [4.69, 9.17) is 13.9 Å². The molecule has 0 aliphatic carbocycles. The van der Waals surface area contributed by atoms with E-state index < -0.39 is 0 Å². The monoisotopic (exact) mass is 345 g/mol. The van der Waals surface area contributed by atoms with Gasteiger partial charge in [-0.3, -0.25) is 4.79 Å². The summed E-state index contributed by atoms with van der Waals surface area (Å²) in [6, 6.07) is 5.02. The Morgan fingerprint density at radius 1 is 1.16 bits per heavy atom. The van der Waals surface area contributed by atoms with Crippen molar-refractivity contribution in [2.45, 2.75) is 38.6 Å². The fourth-order valence-electron chi connectivity index (χ4n) is 3.19. The van der Waals surface area contributed by atoms with Gasteiger partial charge in [0.2, 0.25) is 11.8 Å². The minimum Gasteiger partial charge on any atom is -0.493 e. The SMILES string of the molecule is COc1ccc(C(=O)N2CCCCCC2c2nnc(C)o2)cc1OC. The van der Waals surface area contributed by atoms with Crippen LogP contribution in [0.2, 0.25) is 0 Å². The molecular formula is C18H23N3O4. The zero-order chi connectivity index (χ0) is 17.8. The zero-order valence-corrected chi connectivity index (χ0v) is 14.8. The minimum absolute atomic E-state index is 0.0660. The highest BCUT2D eigenvalue weighted by atomic mass is 16.5. The summed E-state index contributed by atoms with van der Waals surface area (Å²) >= 11 is 0. The van der Waals surface area contributed by atoms with Gasteiger partial charge in [-0.1, -0.05) is 12.8 Å². The van der Waals surface area contributed by atoms with E-state index in [1.807, 2.05) is 4.90 Å². The van der Waals surface area contributed by atoms with Crippen molar-refractivity contribution in [3.8, 4) is 11.5 Å². The summed E-state index contributed by atoms with van der Waals surface area (Å²) in [5.74, 6) is 2.09. The highest BCUT2D eigenvalue weighted by Gasteiger charge is 2.31. The fourth-order valence-corrected chi connectivity index (χ4v) is 3.19. The molecule has 0 spiro atoms. The number of ether oxygens (including phenoxy) is 2. The van der Waals surface area contributed by atoms with Crippen molar-refractivity contribution in [3.63, 3.8) is 0 Å². The Hall–Kier alpha value is -2.57. The average molecular weight is 345 g/mol. The van der Waals surface area contributed by atoms with Crippen LogP contribution >= 0.6 is 0 Å². The Balaban J connectivity index is 1.92. The molecule has 1 aromatic heterocycles. The molecule has 25 heavy (non-hydrogen) atoms. The fraction of sp³-hybridized carbons (Fsp3) is 0.500. The van der Waals surface area contributed by atoms with Gasteiger partial charge >= 0.3 is 0 Å². The molecule has 1 unspecified atom stereocenters. The highest BCUT2D eigenvalue weighted by molar-refractivity contribution is 5.95. The predicted molar refractivity (Wildman–Crippen MR) is 90.8 cm³/mol. The van der Waals surface area contributed by atoms with Crippen molar-refractivity contribution < 1.29 is 18.7 Å². The van der Waals surface area contributed by atoms with E-state index in [0.717, 1.165) is 25.7 Å². The van der Waals surface area contributed by atoms with E-state index in [-0.39, 0.29) is 11.9 Å². The largest absolute Gasteiger partial charge is 0.493 e. The van der Waals surface area contributed by atoms with Crippen LogP contribution in [-0.2, 0) is 0 Å². The van der Waals surface area contributed by atoms with E-state index in [1.54, 1.807) is 39.3 Å². The molecule has 1 aromatic carbocycles. The standard InChI is InChI=1S/C18H23N3O4/c1-12-19-20-17(25-12)14-7-5-4-6-10-21(14)18(22)13-8-9-15(23-2)16(11-13)24-3/h8-9,11,14H,4-7,10H2,1-3H3. The lowest BCUT2D eigenvalue weighted by atomic mass is 10.1. The van der Waals surface area contributed by atoms with Crippen molar-refractivity contribution in [1.82, 2.24) is 15.1 Å². The van der Waals surface area contributed by atoms with Gasteiger partial charge in [0.15, 0.2) is 11.5 Å². The summed E-state index contributed by atoms with van der Waals surface area (Å²) in [5.41, 5.74) is 0.556. The van der Waals surface area contributed by atoms with Gasteiger partial charge in [0.05, 0.1) is 14.2 Å². The second kappa shape index (κ2) is 7.55. The number of carbonyl (C=O) groups excluding carboxylic acids is 1. The molecule has 0 radical (unpaired) electrons. The van der Waals surface area contributed by atoms with Crippen LogP contribution < -0.4 is 9.47 Å². The Kier molecular flexibility index (Phi) is 5.21. The van der Waals surface area contributed by atoms with E-state index in [9.17, 15) is 4.79 Å². The van der Waals surface area contributed by atoms with E-state index in [1.165, 1.54) is 0 Å². The van der Waals surface area contributed by atoms with E-state index in [2.05, 4.69) is 10.2 Å². The highest BCUT2D eigenvalue weighted by Crippen LogP contribution is 2.33. The van der Waals surface area contributed by atoms with Crippen LogP contribution in [0.1, 0.15) is 53.9 Å². The first-order valence-electron chi connectivity index (χ1n) is 8.47. The maximum atomic E-state index is 13.2. The van der Waals surface area contributed by atoms with Gasteiger partial charge in [-0.05, 0) is 31.0 Å². The number of hydrogen-bond acceptors (Lipinski definition) is 6. The number of aromatic nitrogens is 2. The van der Waals surface area contributed by atoms with Gasteiger partial charge in [0, 0.05) is 19.0 Å². The first kappa shape index (κ1) is 17.3. The summed E-state index contributed by atoms with van der Waals surface area (Å²) < 4.78 is 16.2. The lowest BCUT2D eigenvalue weighted by Gasteiger charge is -2.27. The summed E-state index contributed by atoms with van der Waals surface area (Å²) in [7, 11) is 3.13. The zero-order valence-electron chi connectivity index (χ0n) is 14.8. The second-order valence-electron chi connectivity index (χ2n) is 6.09. The van der Waals surface area contributed by atoms with Crippen molar-refractivity contribution in [2.75, 3.05) is 20.8 Å².